The molecule has 57 heavy (non-hydrogen) atoms. The molecule has 0 radical (unpaired) electrons. The van der Waals surface area contributed by atoms with E-state index in [2.05, 4.69) is 53.1 Å². The Morgan fingerprint density at radius 3 is 1.65 bits per heavy atom. The van der Waals surface area contributed by atoms with E-state index in [4.69, 9.17) is 33.8 Å². The van der Waals surface area contributed by atoms with Gasteiger partial charge in [0.05, 0.1) is 11.0 Å². The van der Waals surface area contributed by atoms with E-state index in [1.807, 2.05) is 121 Å². The smallest absolute Gasteiger partial charge is 0.238 e. The first-order valence-electron chi connectivity index (χ1n) is 18.8. The first-order chi connectivity index (χ1) is 28.3. The topological polar surface area (TPSA) is 95.7 Å². The number of rotatable bonds is 5. The van der Waals surface area contributed by atoms with Gasteiger partial charge in [0.15, 0.2) is 23.1 Å². The van der Waals surface area contributed by atoms with Crippen LogP contribution in [0, 0.1) is 0 Å². The van der Waals surface area contributed by atoms with Crippen molar-refractivity contribution in [2.75, 3.05) is 0 Å². The molecule has 0 aliphatic carbocycles. The molecule has 12 rings (SSSR count). The third-order valence-electron chi connectivity index (χ3n) is 10.7. The average molecular weight is 733 g/mol. The molecule has 0 saturated heterocycles. The Hall–Kier alpha value is -7.97. The molecular weight excluding hydrogens is 705 g/mol. The Morgan fingerprint density at radius 1 is 0.368 bits per heavy atom. The fraction of sp³-hybridized carbons (Fsp3) is 0. The lowest BCUT2D eigenvalue weighted by Gasteiger charge is -2.11. The summed E-state index contributed by atoms with van der Waals surface area (Å²) in [6.45, 7) is 0. The Balaban J connectivity index is 1.12. The molecule has 0 aliphatic heterocycles. The molecular formula is C49H28N6O2. The van der Waals surface area contributed by atoms with Crippen molar-refractivity contribution in [1.82, 2.24) is 29.5 Å². The SMILES string of the molecule is c1ccc(-c2nc(-c3cccc4oc5c(-c6nc(-c7ccccc7)nc7c6oc6ccccc67)cccc5c34)nc(-n3c4ccccc4c4ccccc43)n2)cc1. The lowest BCUT2D eigenvalue weighted by atomic mass is 10.0. The average Bonchev–Trinajstić information content (AvgIpc) is 3.96. The Labute approximate surface area is 324 Å². The molecule has 0 amide bonds. The third-order valence-corrected chi connectivity index (χ3v) is 10.7. The van der Waals surface area contributed by atoms with Crippen LogP contribution in [0.1, 0.15) is 0 Å². The van der Waals surface area contributed by atoms with Crippen molar-refractivity contribution in [3.05, 3.63) is 170 Å². The van der Waals surface area contributed by atoms with Gasteiger partial charge in [0.25, 0.3) is 0 Å². The van der Waals surface area contributed by atoms with Crippen molar-refractivity contribution in [1.29, 1.82) is 0 Å². The molecule has 0 atom stereocenters. The molecule has 8 heteroatoms. The molecule has 0 N–H and O–H groups in total. The van der Waals surface area contributed by atoms with Crippen LogP contribution in [0.25, 0.3) is 117 Å². The van der Waals surface area contributed by atoms with Gasteiger partial charge < -0.3 is 8.83 Å². The van der Waals surface area contributed by atoms with Gasteiger partial charge in [-0.3, -0.25) is 4.57 Å². The van der Waals surface area contributed by atoms with Gasteiger partial charge in [0.1, 0.15) is 28.0 Å². The highest BCUT2D eigenvalue weighted by atomic mass is 16.3. The van der Waals surface area contributed by atoms with E-state index < -0.39 is 0 Å². The first kappa shape index (κ1) is 31.4. The maximum absolute atomic E-state index is 6.82. The summed E-state index contributed by atoms with van der Waals surface area (Å²) in [4.78, 5) is 25.8. The molecule has 266 valence electrons. The van der Waals surface area contributed by atoms with E-state index in [9.17, 15) is 0 Å². The number of para-hydroxylation sites is 4. The van der Waals surface area contributed by atoms with Crippen molar-refractivity contribution in [2.24, 2.45) is 0 Å². The predicted molar refractivity (Wildman–Crippen MR) is 226 cm³/mol. The fourth-order valence-corrected chi connectivity index (χ4v) is 8.15. The number of furan rings is 2. The van der Waals surface area contributed by atoms with Crippen LogP contribution in [0.15, 0.2) is 179 Å². The molecule has 5 aromatic heterocycles. The molecule has 0 spiro atoms. The minimum Gasteiger partial charge on any atom is -0.455 e. The standard InChI is InChI=1S/C49H28N6O2/c1-3-15-29(16-4-1)46-50-42-33-21-9-12-27-39(33)56-45(42)43(51-46)36-24-13-22-34-41-35(23-14-28-40(41)57-44(34)36)48-52-47(30-17-5-2-6-18-30)53-49(54-48)55-37-25-10-7-19-31(37)32-20-8-11-26-38(32)55/h1-28H. The van der Waals surface area contributed by atoms with Gasteiger partial charge in [-0.25, -0.2) is 15.0 Å². The van der Waals surface area contributed by atoms with Crippen molar-refractivity contribution in [3.63, 3.8) is 0 Å². The molecule has 0 aliphatic rings. The zero-order valence-electron chi connectivity index (χ0n) is 30.2. The van der Waals surface area contributed by atoms with Crippen LogP contribution >= 0.6 is 0 Å². The highest BCUT2D eigenvalue weighted by Gasteiger charge is 2.24. The Morgan fingerprint density at radius 2 is 0.912 bits per heavy atom. The molecule has 8 nitrogen and oxygen atoms in total. The maximum Gasteiger partial charge on any atom is 0.238 e. The molecule has 5 heterocycles. The van der Waals surface area contributed by atoms with E-state index in [1.54, 1.807) is 0 Å². The summed E-state index contributed by atoms with van der Waals surface area (Å²) in [6, 6.07) is 57.0. The highest BCUT2D eigenvalue weighted by Crippen LogP contribution is 2.43. The molecule has 12 aromatic rings. The lowest BCUT2D eigenvalue weighted by molar-refractivity contribution is 0.663. The molecule has 0 bridgehead atoms. The zero-order chi connectivity index (χ0) is 37.5. The summed E-state index contributed by atoms with van der Waals surface area (Å²) in [5.74, 6) is 2.25. The van der Waals surface area contributed by atoms with Gasteiger partial charge in [-0.15, -0.1) is 0 Å². The van der Waals surface area contributed by atoms with Gasteiger partial charge >= 0.3 is 0 Å². The van der Waals surface area contributed by atoms with Crippen LogP contribution < -0.4 is 0 Å². The molecule has 0 fully saturated rings. The quantitative estimate of drug-likeness (QED) is 0.174. The normalized spacial score (nSPS) is 11.9. The second-order valence-electron chi connectivity index (χ2n) is 14.0. The monoisotopic (exact) mass is 732 g/mol. The summed E-state index contributed by atoms with van der Waals surface area (Å²) in [6.07, 6.45) is 0. The minimum atomic E-state index is 0.531. The maximum atomic E-state index is 6.82. The number of hydrogen-bond acceptors (Lipinski definition) is 7. The van der Waals surface area contributed by atoms with Crippen molar-refractivity contribution in [2.45, 2.75) is 0 Å². The van der Waals surface area contributed by atoms with E-state index in [0.29, 0.717) is 45.9 Å². The number of hydrogen-bond donors (Lipinski definition) is 0. The Kier molecular flexibility index (Phi) is 6.76. The summed E-state index contributed by atoms with van der Waals surface area (Å²) < 4.78 is 15.5. The summed E-state index contributed by atoms with van der Waals surface area (Å²) in [7, 11) is 0. The number of benzene rings is 7. The van der Waals surface area contributed by atoms with Crippen molar-refractivity contribution >= 4 is 65.8 Å². The summed E-state index contributed by atoms with van der Waals surface area (Å²) in [5.41, 5.74) is 9.59. The number of aromatic nitrogens is 6. The highest BCUT2D eigenvalue weighted by molar-refractivity contribution is 6.17. The Bertz CT molecular complexity index is 3480. The van der Waals surface area contributed by atoms with Crippen molar-refractivity contribution in [3.8, 4) is 51.4 Å². The van der Waals surface area contributed by atoms with Gasteiger partial charge in [-0.1, -0.05) is 133 Å². The van der Waals surface area contributed by atoms with Crippen LogP contribution in [0.4, 0.5) is 0 Å². The van der Waals surface area contributed by atoms with E-state index in [1.165, 1.54) is 0 Å². The van der Waals surface area contributed by atoms with Crippen LogP contribution in [-0.2, 0) is 0 Å². The van der Waals surface area contributed by atoms with Crippen LogP contribution in [-0.4, -0.2) is 29.5 Å². The van der Waals surface area contributed by atoms with Crippen LogP contribution in [0.2, 0.25) is 0 Å². The van der Waals surface area contributed by atoms with E-state index in [-0.39, 0.29) is 0 Å². The number of nitrogens with zero attached hydrogens (tertiary/aromatic N) is 6. The first-order valence-corrected chi connectivity index (χ1v) is 18.8. The fourth-order valence-electron chi connectivity index (χ4n) is 8.15. The van der Waals surface area contributed by atoms with E-state index >= 15 is 0 Å². The summed E-state index contributed by atoms with van der Waals surface area (Å²) in [5, 5.41) is 4.99. The van der Waals surface area contributed by atoms with Crippen LogP contribution in [0.3, 0.4) is 0 Å². The molecule has 7 aromatic carbocycles. The van der Waals surface area contributed by atoms with E-state index in [0.717, 1.165) is 71.3 Å². The molecule has 0 unspecified atom stereocenters. The van der Waals surface area contributed by atoms with Crippen molar-refractivity contribution < 1.29 is 8.83 Å². The zero-order valence-corrected chi connectivity index (χ0v) is 30.2. The largest absolute Gasteiger partial charge is 0.455 e. The van der Waals surface area contributed by atoms with Gasteiger partial charge in [-0.05, 0) is 36.4 Å². The lowest BCUT2D eigenvalue weighted by Crippen LogP contribution is -2.06. The molecule has 0 saturated carbocycles. The second kappa shape index (κ2) is 12.3. The van der Waals surface area contributed by atoms with Crippen LogP contribution in [0.5, 0.6) is 0 Å². The predicted octanol–water partition coefficient (Wildman–Crippen LogP) is 12.2. The van der Waals surface area contributed by atoms with Gasteiger partial charge in [0.2, 0.25) is 5.95 Å². The number of fused-ring (bicyclic) bond motifs is 9. The summed E-state index contributed by atoms with van der Waals surface area (Å²) >= 11 is 0. The van der Waals surface area contributed by atoms with Gasteiger partial charge in [0, 0.05) is 49.2 Å². The van der Waals surface area contributed by atoms with Gasteiger partial charge in [-0.2, -0.15) is 9.97 Å². The minimum absolute atomic E-state index is 0.531. The second-order valence-corrected chi connectivity index (χ2v) is 14.0. The third kappa shape index (κ3) is 4.84.